The lowest BCUT2D eigenvalue weighted by Gasteiger charge is -2.34. The van der Waals surface area contributed by atoms with Crippen LogP contribution in [0.1, 0.15) is 12.5 Å². The molecule has 0 spiro atoms. The summed E-state index contributed by atoms with van der Waals surface area (Å²) in [6, 6.07) is 12.5. The van der Waals surface area contributed by atoms with Gasteiger partial charge >= 0.3 is 0 Å². The van der Waals surface area contributed by atoms with Gasteiger partial charge in [-0.25, -0.2) is 0 Å². The van der Waals surface area contributed by atoms with Crippen molar-refractivity contribution < 1.29 is 19.1 Å². The normalized spacial score (nSPS) is 14.3. The second kappa shape index (κ2) is 8.31. The van der Waals surface area contributed by atoms with Crippen LogP contribution in [0.15, 0.2) is 42.5 Å². The maximum Gasteiger partial charge on any atom is 0.244 e. The lowest BCUT2D eigenvalue weighted by Crippen LogP contribution is -2.50. The molecule has 7 nitrogen and oxygen atoms in total. The van der Waals surface area contributed by atoms with Crippen LogP contribution >= 0.6 is 0 Å². The molecule has 1 N–H and O–H groups in total. The number of amides is 2. The topological polar surface area (TPSA) is 71.1 Å². The maximum atomic E-state index is 13.2. The third-order valence-corrected chi connectivity index (χ3v) is 4.96. The lowest BCUT2D eigenvalue weighted by atomic mass is 10.1. The Labute approximate surface area is 164 Å². The molecule has 0 radical (unpaired) electrons. The molecular formula is C21H25N3O4. The molecular weight excluding hydrogens is 358 g/mol. The molecule has 0 saturated heterocycles. The monoisotopic (exact) mass is 383 g/mol. The zero-order chi connectivity index (χ0) is 20.3. The molecule has 2 amide bonds. The van der Waals surface area contributed by atoms with Gasteiger partial charge in [-0.1, -0.05) is 24.3 Å². The Morgan fingerprint density at radius 2 is 1.93 bits per heavy atom. The summed E-state index contributed by atoms with van der Waals surface area (Å²) in [4.78, 5) is 28.7. The standard InChI is InChI=1S/C21H25N3O4/c1-14(23(2)12-15-8-7-11-18(27-3)20(15)28-4)21(26)24-13-19(25)22-16-9-5-6-10-17(16)24/h5-11,14H,12-13H2,1-4H3,(H,22,25)/t14-/m0/s1. The Morgan fingerprint density at radius 3 is 2.64 bits per heavy atom. The summed E-state index contributed by atoms with van der Waals surface area (Å²) in [5, 5.41) is 2.80. The minimum atomic E-state index is -0.435. The minimum Gasteiger partial charge on any atom is -0.493 e. The Kier molecular flexibility index (Phi) is 5.84. The summed E-state index contributed by atoms with van der Waals surface area (Å²) in [6.07, 6.45) is 0. The van der Waals surface area contributed by atoms with E-state index in [1.54, 1.807) is 20.3 Å². The number of nitrogens with one attached hydrogen (secondary N) is 1. The number of hydrogen-bond donors (Lipinski definition) is 1. The fraction of sp³-hybridized carbons (Fsp3) is 0.333. The van der Waals surface area contributed by atoms with E-state index >= 15 is 0 Å². The van der Waals surface area contributed by atoms with E-state index in [0.717, 1.165) is 5.56 Å². The van der Waals surface area contributed by atoms with Gasteiger partial charge in [-0.3, -0.25) is 19.4 Å². The second-order valence-corrected chi connectivity index (χ2v) is 6.73. The Morgan fingerprint density at radius 1 is 1.18 bits per heavy atom. The van der Waals surface area contributed by atoms with Gasteiger partial charge in [0.1, 0.15) is 6.54 Å². The zero-order valence-corrected chi connectivity index (χ0v) is 16.6. The molecule has 148 valence electrons. The van der Waals surface area contributed by atoms with Gasteiger partial charge in [-0.05, 0) is 32.2 Å². The van der Waals surface area contributed by atoms with Crippen molar-refractivity contribution in [2.45, 2.75) is 19.5 Å². The van der Waals surface area contributed by atoms with Crippen molar-refractivity contribution in [3.63, 3.8) is 0 Å². The van der Waals surface area contributed by atoms with E-state index in [2.05, 4.69) is 5.32 Å². The number of carbonyl (C=O) groups excluding carboxylic acids is 2. The Hall–Kier alpha value is -3.06. The number of benzene rings is 2. The van der Waals surface area contributed by atoms with Crippen molar-refractivity contribution in [2.75, 3.05) is 38.0 Å². The molecule has 1 aliphatic heterocycles. The molecule has 0 fully saturated rings. The van der Waals surface area contributed by atoms with E-state index in [9.17, 15) is 9.59 Å². The van der Waals surface area contributed by atoms with E-state index in [0.29, 0.717) is 29.4 Å². The predicted molar refractivity (Wildman–Crippen MR) is 108 cm³/mol. The first-order valence-corrected chi connectivity index (χ1v) is 9.06. The quantitative estimate of drug-likeness (QED) is 0.830. The van der Waals surface area contributed by atoms with Crippen molar-refractivity contribution >= 4 is 23.2 Å². The minimum absolute atomic E-state index is 0.0104. The number of rotatable bonds is 6. The third kappa shape index (κ3) is 3.80. The van der Waals surface area contributed by atoms with Crippen LogP contribution in [0.2, 0.25) is 0 Å². The number of hydrogen-bond acceptors (Lipinski definition) is 5. The summed E-state index contributed by atoms with van der Waals surface area (Å²) >= 11 is 0. The number of para-hydroxylation sites is 3. The molecule has 0 unspecified atom stereocenters. The van der Waals surface area contributed by atoms with Gasteiger partial charge in [0, 0.05) is 12.1 Å². The highest BCUT2D eigenvalue weighted by atomic mass is 16.5. The molecule has 2 aromatic rings. The summed E-state index contributed by atoms with van der Waals surface area (Å²) < 4.78 is 10.8. The molecule has 1 aliphatic rings. The van der Waals surface area contributed by atoms with Crippen LogP contribution in [-0.2, 0) is 16.1 Å². The molecule has 1 atom stereocenters. The van der Waals surface area contributed by atoms with Gasteiger partial charge in [-0.2, -0.15) is 0 Å². The molecule has 7 heteroatoms. The summed E-state index contributed by atoms with van der Waals surface area (Å²) in [5.41, 5.74) is 2.28. The van der Waals surface area contributed by atoms with Crippen LogP contribution < -0.4 is 19.7 Å². The van der Waals surface area contributed by atoms with Crippen LogP contribution in [-0.4, -0.2) is 50.6 Å². The average Bonchev–Trinajstić information content (AvgIpc) is 2.71. The largest absolute Gasteiger partial charge is 0.493 e. The smallest absolute Gasteiger partial charge is 0.244 e. The number of carbonyl (C=O) groups is 2. The van der Waals surface area contributed by atoms with Gasteiger partial charge in [0.05, 0.1) is 31.6 Å². The lowest BCUT2D eigenvalue weighted by molar-refractivity contribution is -0.125. The van der Waals surface area contributed by atoms with Gasteiger partial charge in [0.15, 0.2) is 11.5 Å². The van der Waals surface area contributed by atoms with Crippen LogP contribution in [0.3, 0.4) is 0 Å². The summed E-state index contributed by atoms with van der Waals surface area (Å²) in [6.45, 7) is 2.34. The third-order valence-electron chi connectivity index (χ3n) is 4.96. The first kappa shape index (κ1) is 19.7. The van der Waals surface area contributed by atoms with Crippen LogP contribution in [0, 0.1) is 0 Å². The van der Waals surface area contributed by atoms with Crippen molar-refractivity contribution in [1.82, 2.24) is 4.90 Å². The van der Waals surface area contributed by atoms with Gasteiger partial charge in [-0.15, -0.1) is 0 Å². The number of likely N-dealkylation sites (N-methyl/N-ethyl adjacent to an activating group) is 1. The van der Waals surface area contributed by atoms with Crippen LogP contribution in [0.25, 0.3) is 0 Å². The predicted octanol–water partition coefficient (Wildman–Crippen LogP) is 2.51. The second-order valence-electron chi connectivity index (χ2n) is 6.73. The van der Waals surface area contributed by atoms with Gasteiger partial charge < -0.3 is 14.8 Å². The fourth-order valence-electron chi connectivity index (χ4n) is 3.33. The van der Waals surface area contributed by atoms with E-state index in [-0.39, 0.29) is 18.4 Å². The first-order valence-electron chi connectivity index (χ1n) is 9.06. The molecule has 28 heavy (non-hydrogen) atoms. The Bertz CT molecular complexity index is 884. The molecule has 0 saturated carbocycles. The number of anilines is 2. The van der Waals surface area contributed by atoms with E-state index in [1.165, 1.54) is 4.90 Å². The summed E-state index contributed by atoms with van der Waals surface area (Å²) in [5.74, 6) is 0.969. The summed E-state index contributed by atoms with van der Waals surface area (Å²) in [7, 11) is 5.06. The Balaban J connectivity index is 1.80. The highest BCUT2D eigenvalue weighted by Crippen LogP contribution is 2.32. The first-order chi connectivity index (χ1) is 13.5. The molecule has 1 heterocycles. The van der Waals surface area contributed by atoms with Crippen LogP contribution in [0.4, 0.5) is 11.4 Å². The SMILES string of the molecule is COc1cccc(CN(C)[C@@H](C)C(=O)N2CC(=O)Nc3ccccc32)c1OC. The molecule has 0 aromatic heterocycles. The fourth-order valence-corrected chi connectivity index (χ4v) is 3.33. The number of ether oxygens (including phenoxy) is 2. The average molecular weight is 383 g/mol. The van der Waals surface area contributed by atoms with Crippen molar-refractivity contribution in [2.24, 2.45) is 0 Å². The zero-order valence-electron chi connectivity index (χ0n) is 16.6. The van der Waals surface area contributed by atoms with Crippen molar-refractivity contribution in [3.8, 4) is 11.5 Å². The van der Waals surface area contributed by atoms with Gasteiger partial charge in [0.25, 0.3) is 0 Å². The van der Waals surface area contributed by atoms with Gasteiger partial charge in [0.2, 0.25) is 11.8 Å². The number of nitrogens with zero attached hydrogens (tertiary/aromatic N) is 2. The van der Waals surface area contributed by atoms with E-state index in [1.807, 2.05) is 55.3 Å². The molecule has 3 rings (SSSR count). The highest BCUT2D eigenvalue weighted by Gasteiger charge is 2.31. The van der Waals surface area contributed by atoms with Crippen molar-refractivity contribution in [3.05, 3.63) is 48.0 Å². The van der Waals surface area contributed by atoms with E-state index < -0.39 is 6.04 Å². The van der Waals surface area contributed by atoms with Crippen molar-refractivity contribution in [1.29, 1.82) is 0 Å². The highest BCUT2D eigenvalue weighted by molar-refractivity contribution is 6.11. The van der Waals surface area contributed by atoms with Crippen LogP contribution in [0.5, 0.6) is 11.5 Å². The number of fused-ring (bicyclic) bond motifs is 1. The van der Waals surface area contributed by atoms with E-state index in [4.69, 9.17) is 9.47 Å². The maximum absolute atomic E-state index is 13.2. The molecule has 2 aromatic carbocycles. The molecule has 0 bridgehead atoms. The number of methoxy groups -OCH3 is 2. The molecule has 0 aliphatic carbocycles.